The molecule has 0 bridgehead atoms. The van der Waals surface area contributed by atoms with Crippen LogP contribution in [0.5, 0.6) is 5.88 Å². The maximum atomic E-state index is 13.8. The van der Waals surface area contributed by atoms with E-state index >= 15 is 0 Å². The Morgan fingerprint density at radius 1 is 1.22 bits per heavy atom. The van der Waals surface area contributed by atoms with Crippen LogP contribution in [0.1, 0.15) is 36.2 Å². The van der Waals surface area contributed by atoms with Gasteiger partial charge in [-0.3, -0.25) is 15.1 Å². The van der Waals surface area contributed by atoms with E-state index in [0.717, 1.165) is 18.3 Å². The number of halogens is 4. The number of nitrogens with one attached hydrogen (secondary N) is 1. The van der Waals surface area contributed by atoms with Crippen molar-refractivity contribution in [3.8, 4) is 5.88 Å². The lowest BCUT2D eigenvalue weighted by atomic mass is 10.1. The van der Waals surface area contributed by atoms with Crippen LogP contribution >= 0.6 is 0 Å². The molecule has 1 saturated heterocycles. The van der Waals surface area contributed by atoms with E-state index < -0.39 is 41.5 Å². The smallest absolute Gasteiger partial charge is 0.429 e. The van der Waals surface area contributed by atoms with Gasteiger partial charge in [-0.25, -0.2) is 9.37 Å². The predicted octanol–water partition coefficient (Wildman–Crippen LogP) is 2.58. The number of rotatable bonds is 5. The molecule has 0 aliphatic carbocycles. The number of nitrogens with two attached hydrogens (primary N) is 1. The molecule has 3 rings (SSSR count). The maximum Gasteiger partial charge on any atom is 0.429 e. The summed E-state index contributed by atoms with van der Waals surface area (Å²) in [5.74, 6) is -1.91. The number of nitrogens with zero attached hydrogens (tertiary/aromatic N) is 2. The Bertz CT molecular complexity index is 813. The molecule has 1 fully saturated rings. The maximum absolute atomic E-state index is 13.8. The molecule has 27 heavy (non-hydrogen) atoms. The van der Waals surface area contributed by atoms with Gasteiger partial charge in [-0.2, -0.15) is 13.2 Å². The van der Waals surface area contributed by atoms with E-state index in [1.54, 1.807) is 0 Å². The van der Waals surface area contributed by atoms with Crippen LogP contribution in [0, 0.1) is 5.82 Å². The number of carbonyl (C=O) groups excluding carboxylic acids is 1. The van der Waals surface area contributed by atoms with Crippen molar-refractivity contribution in [3.63, 3.8) is 0 Å². The van der Waals surface area contributed by atoms with E-state index in [0.29, 0.717) is 18.5 Å². The summed E-state index contributed by atoms with van der Waals surface area (Å²) in [4.78, 5) is 19.1. The molecule has 1 aromatic heterocycles. The third kappa shape index (κ3) is 4.33. The minimum atomic E-state index is -4.84. The van der Waals surface area contributed by atoms with Gasteiger partial charge in [0.1, 0.15) is 5.82 Å². The van der Waals surface area contributed by atoms with Crippen molar-refractivity contribution in [2.24, 2.45) is 5.73 Å². The quantitative estimate of drug-likeness (QED) is 0.774. The standard InChI is InChI=1S/C17H16F4N4O2/c18-10-4-2-1-3-9(10)15(17(19,20)21)27-14-8-23-13(7-24-14)11-5-6-12(25-11)16(22)26/h1-4,7-8,11-12,15,25H,5-6H2,(H2,22,26)/t11-,12+,15?/m1/s1. The average Bonchev–Trinajstić information content (AvgIpc) is 3.10. The number of hydrogen-bond acceptors (Lipinski definition) is 5. The number of hydrogen-bond donors (Lipinski definition) is 2. The van der Waals surface area contributed by atoms with Crippen molar-refractivity contribution < 1.29 is 27.1 Å². The van der Waals surface area contributed by atoms with Crippen LogP contribution in [-0.4, -0.2) is 28.1 Å². The molecule has 1 aromatic carbocycles. The van der Waals surface area contributed by atoms with E-state index in [1.165, 1.54) is 18.3 Å². The third-order valence-electron chi connectivity index (χ3n) is 4.22. The molecule has 0 saturated carbocycles. The summed E-state index contributed by atoms with van der Waals surface area (Å²) < 4.78 is 58.6. The van der Waals surface area contributed by atoms with Crippen LogP contribution in [-0.2, 0) is 4.79 Å². The lowest BCUT2D eigenvalue weighted by Gasteiger charge is -2.22. The highest BCUT2D eigenvalue weighted by atomic mass is 19.4. The molecule has 0 radical (unpaired) electrons. The number of primary amides is 1. The molecule has 2 heterocycles. The topological polar surface area (TPSA) is 90.1 Å². The van der Waals surface area contributed by atoms with Crippen LogP contribution < -0.4 is 15.8 Å². The molecule has 1 unspecified atom stereocenters. The highest BCUT2D eigenvalue weighted by Gasteiger charge is 2.44. The molecule has 1 aliphatic rings. The van der Waals surface area contributed by atoms with Crippen LogP contribution in [0.2, 0.25) is 0 Å². The van der Waals surface area contributed by atoms with Gasteiger partial charge in [-0.15, -0.1) is 0 Å². The fourth-order valence-corrected chi connectivity index (χ4v) is 2.88. The molecular formula is C17H16F4N4O2. The number of ether oxygens (including phenoxy) is 1. The highest BCUT2D eigenvalue weighted by Crippen LogP contribution is 2.37. The zero-order valence-electron chi connectivity index (χ0n) is 13.9. The van der Waals surface area contributed by atoms with E-state index in [9.17, 15) is 22.4 Å². The summed E-state index contributed by atoms with van der Waals surface area (Å²) in [6, 6.07) is 3.73. The van der Waals surface area contributed by atoms with Crippen LogP contribution in [0.3, 0.4) is 0 Å². The summed E-state index contributed by atoms with van der Waals surface area (Å²) in [7, 11) is 0. The lowest BCUT2D eigenvalue weighted by molar-refractivity contribution is -0.199. The first-order valence-corrected chi connectivity index (χ1v) is 8.11. The fraction of sp³-hybridized carbons (Fsp3) is 0.353. The average molecular weight is 384 g/mol. The Balaban J connectivity index is 1.76. The Morgan fingerprint density at radius 2 is 1.96 bits per heavy atom. The zero-order valence-corrected chi connectivity index (χ0v) is 13.9. The summed E-state index contributed by atoms with van der Waals surface area (Å²) in [5.41, 5.74) is 5.03. The predicted molar refractivity (Wildman–Crippen MR) is 85.9 cm³/mol. The normalized spacial score (nSPS) is 21.0. The van der Waals surface area contributed by atoms with Crippen molar-refractivity contribution >= 4 is 5.91 Å². The molecule has 3 atom stereocenters. The Morgan fingerprint density at radius 3 is 2.52 bits per heavy atom. The van der Waals surface area contributed by atoms with Gasteiger partial charge in [-0.05, 0) is 18.9 Å². The summed E-state index contributed by atoms with van der Waals surface area (Å²) >= 11 is 0. The molecule has 0 spiro atoms. The fourth-order valence-electron chi connectivity index (χ4n) is 2.88. The Kier molecular flexibility index (Phi) is 5.26. The number of benzene rings is 1. The van der Waals surface area contributed by atoms with Crippen LogP contribution in [0.15, 0.2) is 36.7 Å². The molecule has 144 valence electrons. The van der Waals surface area contributed by atoms with Crippen molar-refractivity contribution in [3.05, 3.63) is 53.7 Å². The van der Waals surface area contributed by atoms with Crippen molar-refractivity contribution in [2.45, 2.75) is 37.2 Å². The number of carbonyl (C=O) groups is 1. The summed E-state index contributed by atoms with van der Waals surface area (Å²) in [5, 5.41) is 2.98. The minimum absolute atomic E-state index is 0.283. The van der Waals surface area contributed by atoms with E-state index in [4.69, 9.17) is 10.5 Å². The molecule has 2 aromatic rings. The van der Waals surface area contributed by atoms with Gasteiger partial charge in [0.05, 0.1) is 30.2 Å². The minimum Gasteiger partial charge on any atom is -0.458 e. The van der Waals surface area contributed by atoms with Gasteiger partial charge < -0.3 is 10.5 Å². The molecule has 1 amide bonds. The van der Waals surface area contributed by atoms with Crippen molar-refractivity contribution in [1.29, 1.82) is 0 Å². The first-order valence-electron chi connectivity index (χ1n) is 8.11. The first-order chi connectivity index (χ1) is 12.8. The van der Waals surface area contributed by atoms with Gasteiger partial charge >= 0.3 is 6.18 Å². The second kappa shape index (κ2) is 7.47. The van der Waals surface area contributed by atoms with Gasteiger partial charge in [0.25, 0.3) is 0 Å². The van der Waals surface area contributed by atoms with E-state index in [2.05, 4.69) is 15.3 Å². The van der Waals surface area contributed by atoms with Crippen LogP contribution in [0.25, 0.3) is 0 Å². The monoisotopic (exact) mass is 384 g/mol. The molecule has 6 nitrogen and oxygen atoms in total. The molecule has 3 N–H and O–H groups in total. The van der Waals surface area contributed by atoms with Gasteiger partial charge in [0.15, 0.2) is 0 Å². The zero-order chi connectivity index (χ0) is 19.6. The molecule has 10 heteroatoms. The largest absolute Gasteiger partial charge is 0.458 e. The van der Waals surface area contributed by atoms with Crippen molar-refractivity contribution in [2.75, 3.05) is 0 Å². The second-order valence-electron chi connectivity index (χ2n) is 6.09. The van der Waals surface area contributed by atoms with E-state index in [-0.39, 0.29) is 6.04 Å². The van der Waals surface area contributed by atoms with E-state index in [1.807, 2.05) is 0 Å². The number of alkyl halides is 3. The third-order valence-corrected chi connectivity index (χ3v) is 4.22. The number of amides is 1. The van der Waals surface area contributed by atoms with Crippen molar-refractivity contribution in [1.82, 2.24) is 15.3 Å². The summed E-state index contributed by atoms with van der Waals surface area (Å²) in [6.45, 7) is 0. The first kappa shape index (κ1) is 19.0. The van der Waals surface area contributed by atoms with Gasteiger partial charge in [0.2, 0.25) is 17.9 Å². The van der Waals surface area contributed by atoms with Gasteiger partial charge in [-0.1, -0.05) is 18.2 Å². The Labute approximate surface area is 151 Å². The lowest BCUT2D eigenvalue weighted by Crippen LogP contribution is -2.37. The van der Waals surface area contributed by atoms with Crippen LogP contribution in [0.4, 0.5) is 17.6 Å². The second-order valence-corrected chi connectivity index (χ2v) is 6.09. The Hall–Kier alpha value is -2.75. The molecule has 1 aliphatic heterocycles. The van der Waals surface area contributed by atoms with Gasteiger partial charge in [0, 0.05) is 5.56 Å². The number of aromatic nitrogens is 2. The SMILES string of the molecule is NC(=O)[C@@H]1CC[C@H](c2cnc(OC(c3ccccc3F)C(F)(F)F)cn2)N1. The highest BCUT2D eigenvalue weighted by molar-refractivity contribution is 5.80. The summed E-state index contributed by atoms with van der Waals surface area (Å²) in [6.07, 6.45) is -3.95. The molecular weight excluding hydrogens is 368 g/mol.